The third-order valence-electron chi connectivity index (χ3n) is 3.98. The number of hydrogen-bond donors (Lipinski definition) is 1. The summed E-state index contributed by atoms with van der Waals surface area (Å²) in [6.45, 7) is 2.18. The molecule has 21 heavy (non-hydrogen) atoms. The molecular weight excluding hydrogens is 268 g/mol. The summed E-state index contributed by atoms with van der Waals surface area (Å²) >= 11 is 0. The van der Waals surface area contributed by atoms with E-state index in [0.29, 0.717) is 11.7 Å². The second-order valence-electron chi connectivity index (χ2n) is 5.48. The number of likely N-dealkylation sites (tertiary alicyclic amines) is 1. The van der Waals surface area contributed by atoms with E-state index in [1.54, 1.807) is 6.07 Å². The van der Waals surface area contributed by atoms with Crippen LogP contribution in [0, 0.1) is 0 Å². The quantitative estimate of drug-likeness (QED) is 0.933. The van der Waals surface area contributed by atoms with Gasteiger partial charge in [0.2, 0.25) is 0 Å². The minimum atomic E-state index is -0.951. The Hall–Kier alpha value is -2.21. The number of aromatic nitrogens is 3. The van der Waals surface area contributed by atoms with Gasteiger partial charge in [-0.2, -0.15) is 0 Å². The van der Waals surface area contributed by atoms with Crippen molar-refractivity contribution < 1.29 is 9.90 Å². The summed E-state index contributed by atoms with van der Waals surface area (Å²) in [5.41, 5.74) is 1.55. The molecule has 2 aromatic heterocycles. The summed E-state index contributed by atoms with van der Waals surface area (Å²) in [6, 6.07) is 3.51. The van der Waals surface area contributed by atoms with E-state index in [2.05, 4.69) is 26.5 Å². The molecule has 2 aromatic rings. The first-order valence-electron chi connectivity index (χ1n) is 7.05. The zero-order valence-electron chi connectivity index (χ0n) is 11.9. The zero-order chi connectivity index (χ0) is 14.8. The van der Waals surface area contributed by atoms with Crippen molar-refractivity contribution in [2.75, 3.05) is 20.1 Å². The van der Waals surface area contributed by atoms with Crippen LogP contribution < -0.4 is 0 Å². The molecule has 1 aliphatic rings. The van der Waals surface area contributed by atoms with Crippen molar-refractivity contribution in [3.05, 3.63) is 36.4 Å². The number of piperidine rings is 1. The molecule has 0 saturated carbocycles. The molecule has 3 rings (SSSR count). The van der Waals surface area contributed by atoms with E-state index in [1.807, 2.05) is 12.5 Å². The Morgan fingerprint density at radius 2 is 2.05 bits per heavy atom. The van der Waals surface area contributed by atoms with Gasteiger partial charge in [-0.25, -0.2) is 9.78 Å². The molecule has 0 spiro atoms. The molecule has 0 bridgehead atoms. The van der Waals surface area contributed by atoms with Crippen molar-refractivity contribution >= 4 is 5.97 Å². The van der Waals surface area contributed by atoms with Crippen LogP contribution in [-0.4, -0.2) is 50.6 Å². The normalized spacial score (nSPS) is 17.0. The van der Waals surface area contributed by atoms with Gasteiger partial charge in [-0.1, -0.05) is 0 Å². The van der Waals surface area contributed by atoms with Crippen LogP contribution in [0.2, 0.25) is 0 Å². The van der Waals surface area contributed by atoms with Crippen molar-refractivity contribution in [3.63, 3.8) is 0 Å². The fraction of sp³-hybridized carbons (Fsp3) is 0.400. The molecule has 6 heteroatoms. The number of rotatable bonds is 3. The van der Waals surface area contributed by atoms with Gasteiger partial charge in [0.05, 0.1) is 17.6 Å². The summed E-state index contributed by atoms with van der Waals surface area (Å²) in [5, 5.41) is 9.03. The average molecular weight is 286 g/mol. The van der Waals surface area contributed by atoms with Crippen LogP contribution in [0.25, 0.3) is 11.4 Å². The zero-order valence-corrected chi connectivity index (χ0v) is 11.9. The van der Waals surface area contributed by atoms with E-state index >= 15 is 0 Å². The van der Waals surface area contributed by atoms with Gasteiger partial charge in [-0.3, -0.25) is 4.98 Å². The molecule has 1 N–H and O–H groups in total. The number of carboxylic acid groups (broad SMARTS) is 1. The lowest BCUT2D eigenvalue weighted by Crippen LogP contribution is -2.31. The summed E-state index contributed by atoms with van der Waals surface area (Å²) in [4.78, 5) is 21.9. The molecule has 3 heterocycles. The highest BCUT2D eigenvalue weighted by Gasteiger charge is 2.19. The number of imidazole rings is 1. The number of carbonyl (C=O) groups is 1. The Morgan fingerprint density at radius 1 is 1.29 bits per heavy atom. The minimum absolute atomic E-state index is 0.230. The molecule has 0 aromatic carbocycles. The molecule has 0 radical (unpaired) electrons. The van der Waals surface area contributed by atoms with E-state index in [-0.39, 0.29) is 5.56 Å². The summed E-state index contributed by atoms with van der Waals surface area (Å²) in [7, 11) is 2.14. The van der Waals surface area contributed by atoms with Crippen molar-refractivity contribution in [3.8, 4) is 11.4 Å². The van der Waals surface area contributed by atoms with Gasteiger partial charge in [-0.15, -0.1) is 0 Å². The summed E-state index contributed by atoms with van der Waals surface area (Å²) in [6.07, 6.45) is 7.50. The average Bonchev–Trinajstić information content (AvgIpc) is 2.98. The Kier molecular flexibility index (Phi) is 3.70. The van der Waals surface area contributed by atoms with Crippen LogP contribution in [-0.2, 0) is 0 Å². The Bertz CT molecular complexity index is 645. The molecule has 0 amide bonds. The lowest BCUT2D eigenvalue weighted by atomic mass is 10.1. The highest BCUT2D eigenvalue weighted by molar-refractivity contribution is 5.88. The number of hydrogen-bond acceptors (Lipinski definition) is 4. The monoisotopic (exact) mass is 286 g/mol. The van der Waals surface area contributed by atoms with Crippen LogP contribution in [0.4, 0.5) is 0 Å². The lowest BCUT2D eigenvalue weighted by Gasteiger charge is -2.29. The molecule has 1 aliphatic heterocycles. The third-order valence-corrected chi connectivity index (χ3v) is 3.98. The fourth-order valence-corrected chi connectivity index (χ4v) is 2.67. The van der Waals surface area contributed by atoms with Crippen LogP contribution >= 0.6 is 0 Å². The first kappa shape index (κ1) is 13.8. The first-order valence-corrected chi connectivity index (χ1v) is 7.05. The van der Waals surface area contributed by atoms with Gasteiger partial charge >= 0.3 is 5.97 Å². The largest absolute Gasteiger partial charge is 0.478 e. The molecule has 110 valence electrons. The minimum Gasteiger partial charge on any atom is -0.478 e. The molecular formula is C15H18N4O2. The number of pyridine rings is 1. The Morgan fingerprint density at radius 3 is 2.76 bits per heavy atom. The van der Waals surface area contributed by atoms with Crippen molar-refractivity contribution in [1.82, 2.24) is 19.4 Å². The number of carboxylic acids is 1. The number of nitrogens with zero attached hydrogens (tertiary/aromatic N) is 4. The maximum atomic E-state index is 11.0. The maximum Gasteiger partial charge on any atom is 0.335 e. The SMILES string of the molecule is CN1CCC(n2cnc(-c3cc(C(=O)O)ccn3)c2)CC1. The van der Waals surface area contributed by atoms with Crippen molar-refractivity contribution in [1.29, 1.82) is 0 Å². The Labute approximate surface area is 123 Å². The molecule has 6 nitrogen and oxygen atoms in total. The topological polar surface area (TPSA) is 71.2 Å². The molecule has 1 fully saturated rings. The van der Waals surface area contributed by atoms with Crippen LogP contribution in [0.15, 0.2) is 30.9 Å². The standard InChI is InChI=1S/C15H18N4O2/c1-18-6-3-12(4-7-18)19-9-14(17-10-19)13-8-11(15(20)21)2-5-16-13/h2,5,8-10,12H,3-4,6-7H2,1H3,(H,20,21). The van der Waals surface area contributed by atoms with E-state index in [1.165, 1.54) is 12.3 Å². The summed E-state index contributed by atoms with van der Waals surface area (Å²) in [5.74, 6) is -0.951. The van der Waals surface area contributed by atoms with Crippen LogP contribution in [0.5, 0.6) is 0 Å². The smallest absolute Gasteiger partial charge is 0.335 e. The summed E-state index contributed by atoms with van der Waals surface area (Å²) < 4.78 is 2.12. The second-order valence-corrected chi connectivity index (χ2v) is 5.48. The molecule has 1 saturated heterocycles. The predicted molar refractivity (Wildman–Crippen MR) is 78.2 cm³/mol. The fourth-order valence-electron chi connectivity index (χ4n) is 2.67. The van der Waals surface area contributed by atoms with Crippen molar-refractivity contribution in [2.24, 2.45) is 0 Å². The predicted octanol–water partition coefficient (Wildman–Crippen LogP) is 1.91. The van der Waals surface area contributed by atoms with E-state index in [9.17, 15) is 4.79 Å². The van der Waals surface area contributed by atoms with E-state index in [4.69, 9.17) is 5.11 Å². The van der Waals surface area contributed by atoms with Crippen LogP contribution in [0.3, 0.4) is 0 Å². The second kappa shape index (κ2) is 5.65. The van der Waals surface area contributed by atoms with Gasteiger partial charge in [0, 0.05) is 18.4 Å². The maximum absolute atomic E-state index is 11.0. The number of aromatic carboxylic acids is 1. The highest BCUT2D eigenvalue weighted by Crippen LogP contribution is 2.24. The van der Waals surface area contributed by atoms with Gasteiger partial charge in [-0.05, 0) is 45.1 Å². The van der Waals surface area contributed by atoms with Gasteiger partial charge in [0.15, 0.2) is 0 Å². The highest BCUT2D eigenvalue weighted by atomic mass is 16.4. The molecule has 0 aliphatic carbocycles. The van der Waals surface area contributed by atoms with Gasteiger partial charge in [0.1, 0.15) is 5.69 Å². The van der Waals surface area contributed by atoms with Crippen molar-refractivity contribution in [2.45, 2.75) is 18.9 Å². The van der Waals surface area contributed by atoms with Gasteiger partial charge in [0.25, 0.3) is 0 Å². The van der Waals surface area contributed by atoms with Gasteiger partial charge < -0.3 is 14.6 Å². The van der Waals surface area contributed by atoms with E-state index in [0.717, 1.165) is 31.6 Å². The van der Waals surface area contributed by atoms with Crippen LogP contribution in [0.1, 0.15) is 29.2 Å². The molecule has 0 atom stereocenters. The lowest BCUT2D eigenvalue weighted by molar-refractivity contribution is 0.0697. The Balaban J connectivity index is 1.81. The third kappa shape index (κ3) is 2.95. The molecule has 0 unspecified atom stereocenters. The van der Waals surface area contributed by atoms with E-state index < -0.39 is 5.97 Å². The first-order chi connectivity index (χ1) is 10.1.